The van der Waals surface area contributed by atoms with Gasteiger partial charge in [0.15, 0.2) is 0 Å². The van der Waals surface area contributed by atoms with Crippen molar-refractivity contribution in [1.29, 1.82) is 0 Å². The van der Waals surface area contributed by atoms with Crippen molar-refractivity contribution in [2.45, 2.75) is 45.1 Å². The maximum absolute atomic E-state index is 3.73. The third-order valence-electron chi connectivity index (χ3n) is 2.70. The van der Waals surface area contributed by atoms with E-state index in [9.17, 15) is 0 Å². The van der Waals surface area contributed by atoms with Gasteiger partial charge in [-0.15, -0.1) is 6.58 Å². The Morgan fingerprint density at radius 1 is 1.44 bits per heavy atom. The molecule has 1 aromatic rings. The minimum Gasteiger partial charge on any atom is -0.314 e. The van der Waals surface area contributed by atoms with Gasteiger partial charge in [0.2, 0.25) is 0 Å². The first-order valence-electron chi connectivity index (χ1n) is 6.18. The van der Waals surface area contributed by atoms with Crippen LogP contribution in [0, 0.1) is 0 Å². The molecule has 0 bridgehead atoms. The Hall–Kier alpha value is -0.600. The second kappa shape index (κ2) is 8.54. The fourth-order valence-electron chi connectivity index (χ4n) is 1.77. The molecule has 1 aromatic heterocycles. The molecular formula is C14H23NS. The topological polar surface area (TPSA) is 12.0 Å². The van der Waals surface area contributed by atoms with Crippen LogP contribution in [0.2, 0.25) is 0 Å². The van der Waals surface area contributed by atoms with Crippen LogP contribution in [0.5, 0.6) is 0 Å². The Labute approximate surface area is 104 Å². The first-order valence-corrected chi connectivity index (χ1v) is 7.12. The largest absolute Gasteiger partial charge is 0.314 e. The lowest BCUT2D eigenvalue weighted by atomic mass is 10.1. The third-order valence-corrected chi connectivity index (χ3v) is 3.43. The molecule has 0 amide bonds. The zero-order valence-corrected chi connectivity index (χ0v) is 11.1. The molecule has 1 atom stereocenters. The van der Waals surface area contributed by atoms with Crippen LogP contribution >= 0.6 is 11.3 Å². The number of hydrogen-bond donors (Lipinski definition) is 1. The van der Waals surface area contributed by atoms with Crippen molar-refractivity contribution in [2.75, 3.05) is 6.54 Å². The summed E-state index contributed by atoms with van der Waals surface area (Å²) in [6.45, 7) is 7.14. The van der Waals surface area contributed by atoms with Crippen LogP contribution in [-0.4, -0.2) is 12.6 Å². The molecule has 1 nitrogen and oxygen atoms in total. The van der Waals surface area contributed by atoms with Gasteiger partial charge in [0.25, 0.3) is 0 Å². The number of unbranched alkanes of at least 4 members (excludes halogenated alkanes) is 3. The SMILES string of the molecule is C=CCCCCCNC(C)Cc1ccsc1. The highest BCUT2D eigenvalue weighted by Crippen LogP contribution is 2.08. The molecule has 1 heterocycles. The van der Waals surface area contributed by atoms with Crippen LogP contribution in [0.4, 0.5) is 0 Å². The molecule has 16 heavy (non-hydrogen) atoms. The van der Waals surface area contributed by atoms with E-state index >= 15 is 0 Å². The maximum Gasteiger partial charge on any atom is 0.00794 e. The molecule has 0 aliphatic heterocycles. The van der Waals surface area contributed by atoms with Crippen molar-refractivity contribution in [2.24, 2.45) is 0 Å². The summed E-state index contributed by atoms with van der Waals surface area (Å²) in [6.07, 6.45) is 8.18. The molecule has 0 spiro atoms. The zero-order chi connectivity index (χ0) is 11.6. The van der Waals surface area contributed by atoms with E-state index in [-0.39, 0.29) is 0 Å². The summed E-state index contributed by atoms with van der Waals surface area (Å²) < 4.78 is 0. The Balaban J connectivity index is 1.98. The number of hydrogen-bond acceptors (Lipinski definition) is 2. The highest BCUT2D eigenvalue weighted by atomic mass is 32.1. The fourth-order valence-corrected chi connectivity index (χ4v) is 2.45. The predicted octanol–water partition coefficient (Wildman–Crippen LogP) is 4.02. The van der Waals surface area contributed by atoms with Crippen LogP contribution in [-0.2, 0) is 6.42 Å². The van der Waals surface area contributed by atoms with Gasteiger partial charge in [-0.1, -0.05) is 12.5 Å². The van der Waals surface area contributed by atoms with Gasteiger partial charge in [0.1, 0.15) is 0 Å². The molecule has 1 rings (SSSR count). The minimum absolute atomic E-state index is 0.592. The average Bonchev–Trinajstić information content (AvgIpc) is 2.76. The highest BCUT2D eigenvalue weighted by molar-refractivity contribution is 7.07. The molecule has 90 valence electrons. The fraction of sp³-hybridized carbons (Fsp3) is 0.571. The lowest BCUT2D eigenvalue weighted by molar-refractivity contribution is 0.520. The van der Waals surface area contributed by atoms with Gasteiger partial charge in [0, 0.05) is 6.04 Å². The van der Waals surface area contributed by atoms with Crippen molar-refractivity contribution >= 4 is 11.3 Å². The summed E-state index contributed by atoms with van der Waals surface area (Å²) in [5.74, 6) is 0. The van der Waals surface area contributed by atoms with Gasteiger partial charge < -0.3 is 5.32 Å². The van der Waals surface area contributed by atoms with Gasteiger partial charge >= 0.3 is 0 Å². The Kier molecular flexibility index (Phi) is 7.19. The summed E-state index contributed by atoms with van der Waals surface area (Å²) in [6, 6.07) is 2.81. The van der Waals surface area contributed by atoms with Crippen molar-refractivity contribution in [3.05, 3.63) is 35.0 Å². The lowest BCUT2D eigenvalue weighted by Crippen LogP contribution is -2.28. The van der Waals surface area contributed by atoms with Crippen molar-refractivity contribution < 1.29 is 0 Å². The molecule has 2 heteroatoms. The number of allylic oxidation sites excluding steroid dienone is 1. The average molecular weight is 237 g/mol. The number of nitrogens with one attached hydrogen (secondary N) is 1. The predicted molar refractivity (Wildman–Crippen MR) is 74.2 cm³/mol. The molecule has 0 radical (unpaired) electrons. The first kappa shape index (κ1) is 13.5. The van der Waals surface area contributed by atoms with Crippen molar-refractivity contribution in [1.82, 2.24) is 5.32 Å². The molecule has 0 aliphatic rings. The van der Waals surface area contributed by atoms with Crippen molar-refractivity contribution in [3.8, 4) is 0 Å². The lowest BCUT2D eigenvalue weighted by Gasteiger charge is -2.12. The Bertz CT molecular complexity index is 266. The smallest absolute Gasteiger partial charge is 0.00794 e. The van der Waals surface area contributed by atoms with E-state index in [0.29, 0.717) is 6.04 Å². The third kappa shape index (κ3) is 6.09. The number of rotatable bonds is 9. The molecule has 0 aliphatic carbocycles. The molecule has 0 fully saturated rings. The summed E-state index contributed by atoms with van der Waals surface area (Å²) >= 11 is 1.78. The number of thiophene rings is 1. The quantitative estimate of drug-likeness (QED) is 0.505. The Morgan fingerprint density at radius 3 is 3.00 bits per heavy atom. The molecular weight excluding hydrogens is 214 g/mol. The summed E-state index contributed by atoms with van der Waals surface area (Å²) in [5.41, 5.74) is 1.46. The summed E-state index contributed by atoms with van der Waals surface area (Å²) in [4.78, 5) is 0. The van der Waals surface area contributed by atoms with Crippen LogP contribution in [0.25, 0.3) is 0 Å². The minimum atomic E-state index is 0.592. The van der Waals surface area contributed by atoms with E-state index in [0.717, 1.165) is 19.4 Å². The highest BCUT2D eigenvalue weighted by Gasteiger charge is 2.02. The van der Waals surface area contributed by atoms with Crippen LogP contribution in [0.15, 0.2) is 29.5 Å². The maximum atomic E-state index is 3.73. The second-order valence-electron chi connectivity index (χ2n) is 4.33. The van der Waals surface area contributed by atoms with E-state index in [2.05, 4.69) is 35.6 Å². The van der Waals surface area contributed by atoms with E-state index in [1.165, 1.54) is 24.8 Å². The molecule has 0 saturated heterocycles. The normalized spacial score (nSPS) is 12.6. The second-order valence-corrected chi connectivity index (χ2v) is 5.11. The molecule has 0 saturated carbocycles. The summed E-state index contributed by atoms with van der Waals surface area (Å²) in [7, 11) is 0. The van der Waals surface area contributed by atoms with E-state index < -0.39 is 0 Å². The van der Waals surface area contributed by atoms with Crippen molar-refractivity contribution in [3.63, 3.8) is 0 Å². The van der Waals surface area contributed by atoms with Crippen LogP contribution in [0.1, 0.15) is 38.2 Å². The molecule has 0 aromatic carbocycles. The van der Waals surface area contributed by atoms with E-state index in [1.807, 2.05) is 6.08 Å². The van der Waals surface area contributed by atoms with E-state index in [4.69, 9.17) is 0 Å². The summed E-state index contributed by atoms with van der Waals surface area (Å²) in [5, 5.41) is 7.97. The van der Waals surface area contributed by atoms with Gasteiger partial charge in [0.05, 0.1) is 0 Å². The monoisotopic (exact) mass is 237 g/mol. The van der Waals surface area contributed by atoms with Gasteiger partial charge in [-0.2, -0.15) is 11.3 Å². The van der Waals surface area contributed by atoms with Gasteiger partial charge in [-0.3, -0.25) is 0 Å². The van der Waals surface area contributed by atoms with Crippen LogP contribution in [0.3, 0.4) is 0 Å². The molecule has 1 unspecified atom stereocenters. The Morgan fingerprint density at radius 2 is 2.31 bits per heavy atom. The van der Waals surface area contributed by atoms with E-state index in [1.54, 1.807) is 11.3 Å². The molecule has 1 N–H and O–H groups in total. The zero-order valence-electron chi connectivity index (χ0n) is 10.2. The standard InChI is InChI=1S/C14H23NS/c1-3-4-5-6-7-9-15-13(2)11-14-8-10-16-12-14/h3,8,10,12-13,15H,1,4-7,9,11H2,2H3. The van der Waals surface area contributed by atoms with Gasteiger partial charge in [-0.25, -0.2) is 0 Å². The van der Waals surface area contributed by atoms with Gasteiger partial charge in [-0.05, 0) is 61.5 Å². The van der Waals surface area contributed by atoms with Crippen LogP contribution < -0.4 is 5.32 Å². The first-order chi connectivity index (χ1) is 7.83.